The molecule has 1 aromatic heterocycles. The van der Waals surface area contributed by atoms with E-state index in [1.165, 1.54) is 12.3 Å². The van der Waals surface area contributed by atoms with Crippen molar-refractivity contribution < 1.29 is 17.6 Å². The summed E-state index contributed by atoms with van der Waals surface area (Å²) in [7, 11) is 0. The highest BCUT2D eigenvalue weighted by Crippen LogP contribution is 2.32. The summed E-state index contributed by atoms with van der Waals surface area (Å²) in [5.41, 5.74) is -0.500. The molecule has 0 radical (unpaired) electrons. The maximum absolute atomic E-state index is 13.1. The van der Waals surface area contributed by atoms with Crippen LogP contribution in [0.5, 0.6) is 0 Å². The van der Waals surface area contributed by atoms with Gasteiger partial charge in [-0.05, 0) is 29.8 Å². The monoisotopic (exact) mass is 304 g/mol. The molecule has 1 aromatic carbocycles. The van der Waals surface area contributed by atoms with E-state index in [1.54, 1.807) is 12.1 Å². The number of halogens is 5. The SMILES string of the molecule is Fc1ccc(CNc2cccnc2Cl)cc1C(F)(F)F. The van der Waals surface area contributed by atoms with Crippen molar-refractivity contribution in [3.63, 3.8) is 0 Å². The molecule has 0 saturated heterocycles. The molecule has 20 heavy (non-hydrogen) atoms. The molecule has 106 valence electrons. The van der Waals surface area contributed by atoms with E-state index < -0.39 is 17.6 Å². The summed E-state index contributed by atoms with van der Waals surface area (Å²) in [6.45, 7) is 0.0781. The Morgan fingerprint density at radius 3 is 2.60 bits per heavy atom. The maximum atomic E-state index is 13.1. The molecule has 1 N–H and O–H groups in total. The van der Waals surface area contributed by atoms with Gasteiger partial charge < -0.3 is 5.32 Å². The van der Waals surface area contributed by atoms with Gasteiger partial charge in [-0.2, -0.15) is 13.2 Å². The first-order valence-electron chi connectivity index (χ1n) is 5.58. The second-order valence-electron chi connectivity index (χ2n) is 4.01. The zero-order chi connectivity index (χ0) is 14.8. The van der Waals surface area contributed by atoms with E-state index in [1.807, 2.05) is 0 Å². The standard InChI is InChI=1S/C13H9ClF4N2/c14-12-11(2-1-5-19-12)20-7-8-3-4-10(15)9(6-8)13(16,17)18/h1-6,20H,7H2. The molecule has 0 spiro atoms. The summed E-state index contributed by atoms with van der Waals surface area (Å²) in [5, 5.41) is 3.06. The number of aromatic nitrogens is 1. The van der Waals surface area contributed by atoms with Gasteiger partial charge in [0.15, 0.2) is 5.15 Å². The summed E-state index contributed by atoms with van der Waals surface area (Å²) in [4.78, 5) is 3.83. The number of hydrogen-bond acceptors (Lipinski definition) is 2. The van der Waals surface area contributed by atoms with Crippen LogP contribution in [0, 0.1) is 5.82 Å². The van der Waals surface area contributed by atoms with E-state index in [0.717, 1.165) is 12.1 Å². The fraction of sp³-hybridized carbons (Fsp3) is 0.154. The Morgan fingerprint density at radius 1 is 1.20 bits per heavy atom. The van der Waals surface area contributed by atoms with Crippen molar-refractivity contribution in [3.05, 3.63) is 58.6 Å². The molecule has 0 aliphatic carbocycles. The van der Waals surface area contributed by atoms with Gasteiger partial charge in [0.25, 0.3) is 0 Å². The van der Waals surface area contributed by atoms with Crippen LogP contribution in [0.1, 0.15) is 11.1 Å². The molecule has 0 atom stereocenters. The van der Waals surface area contributed by atoms with Crippen LogP contribution in [-0.2, 0) is 12.7 Å². The summed E-state index contributed by atoms with van der Waals surface area (Å²) in [6.07, 6.45) is -3.22. The van der Waals surface area contributed by atoms with E-state index in [0.29, 0.717) is 11.3 Å². The number of rotatable bonds is 3. The first-order chi connectivity index (χ1) is 9.38. The quantitative estimate of drug-likeness (QED) is 0.667. The second kappa shape index (κ2) is 5.66. The smallest absolute Gasteiger partial charge is 0.378 e. The zero-order valence-electron chi connectivity index (χ0n) is 10.0. The second-order valence-corrected chi connectivity index (χ2v) is 4.37. The number of pyridine rings is 1. The minimum Gasteiger partial charge on any atom is -0.378 e. The molecule has 7 heteroatoms. The third kappa shape index (κ3) is 3.39. The van der Waals surface area contributed by atoms with E-state index in [4.69, 9.17) is 11.6 Å². The Balaban J connectivity index is 2.17. The lowest BCUT2D eigenvalue weighted by Crippen LogP contribution is -2.10. The minimum atomic E-state index is -4.72. The van der Waals surface area contributed by atoms with Gasteiger partial charge in [0.2, 0.25) is 0 Å². The Morgan fingerprint density at radius 2 is 1.95 bits per heavy atom. The summed E-state index contributed by atoms with van der Waals surface area (Å²) in [6, 6.07) is 6.13. The largest absolute Gasteiger partial charge is 0.419 e. The molecule has 0 unspecified atom stereocenters. The highest BCUT2D eigenvalue weighted by atomic mass is 35.5. The fourth-order valence-electron chi connectivity index (χ4n) is 1.61. The van der Waals surface area contributed by atoms with Crippen molar-refractivity contribution in [3.8, 4) is 0 Å². The van der Waals surface area contributed by atoms with Gasteiger partial charge in [-0.1, -0.05) is 17.7 Å². The van der Waals surface area contributed by atoms with Gasteiger partial charge >= 0.3 is 6.18 Å². The predicted molar refractivity (Wildman–Crippen MR) is 68.0 cm³/mol. The topological polar surface area (TPSA) is 24.9 Å². The van der Waals surface area contributed by atoms with Crippen LogP contribution in [0.2, 0.25) is 5.15 Å². The van der Waals surface area contributed by atoms with Crippen molar-refractivity contribution >= 4 is 17.3 Å². The molecular formula is C13H9ClF4N2. The molecule has 2 rings (SSSR count). The van der Waals surface area contributed by atoms with Crippen LogP contribution in [0.15, 0.2) is 36.5 Å². The van der Waals surface area contributed by atoms with Crippen molar-refractivity contribution in [2.75, 3.05) is 5.32 Å². The molecule has 0 fully saturated rings. The fourth-order valence-corrected chi connectivity index (χ4v) is 1.80. The minimum absolute atomic E-state index is 0.0781. The summed E-state index contributed by atoms with van der Waals surface area (Å²) >= 11 is 5.81. The van der Waals surface area contributed by atoms with Crippen LogP contribution in [0.25, 0.3) is 0 Å². The first kappa shape index (κ1) is 14.6. The summed E-state index contributed by atoms with van der Waals surface area (Å²) in [5.74, 6) is -1.29. The maximum Gasteiger partial charge on any atom is 0.419 e. The van der Waals surface area contributed by atoms with E-state index in [9.17, 15) is 17.6 Å². The van der Waals surface area contributed by atoms with Crippen LogP contribution in [0.4, 0.5) is 23.2 Å². The van der Waals surface area contributed by atoms with Crippen LogP contribution in [0.3, 0.4) is 0 Å². The van der Waals surface area contributed by atoms with E-state index in [-0.39, 0.29) is 11.7 Å². The van der Waals surface area contributed by atoms with E-state index in [2.05, 4.69) is 10.3 Å². The van der Waals surface area contributed by atoms with E-state index >= 15 is 0 Å². The number of hydrogen-bond donors (Lipinski definition) is 1. The molecule has 0 aliphatic heterocycles. The predicted octanol–water partition coefficient (Wildman–Crippen LogP) is 4.51. The lowest BCUT2D eigenvalue weighted by molar-refractivity contribution is -0.140. The first-order valence-corrected chi connectivity index (χ1v) is 5.96. The molecule has 0 amide bonds. The Kier molecular flexibility index (Phi) is 4.13. The molecule has 1 heterocycles. The lowest BCUT2D eigenvalue weighted by Gasteiger charge is -2.11. The molecule has 2 aromatic rings. The molecule has 0 bridgehead atoms. The number of benzene rings is 1. The zero-order valence-corrected chi connectivity index (χ0v) is 10.8. The molecule has 0 aliphatic rings. The van der Waals surface area contributed by atoms with Crippen LogP contribution >= 0.6 is 11.6 Å². The average molecular weight is 305 g/mol. The number of anilines is 1. The summed E-state index contributed by atoms with van der Waals surface area (Å²) < 4.78 is 50.8. The van der Waals surface area contributed by atoms with Gasteiger partial charge in [-0.3, -0.25) is 0 Å². The molecule has 0 saturated carbocycles. The number of nitrogens with zero attached hydrogens (tertiary/aromatic N) is 1. The van der Waals surface area contributed by atoms with Crippen LogP contribution < -0.4 is 5.32 Å². The van der Waals surface area contributed by atoms with Crippen molar-refractivity contribution in [2.24, 2.45) is 0 Å². The number of alkyl halides is 3. The van der Waals surface area contributed by atoms with Gasteiger partial charge in [0.1, 0.15) is 5.82 Å². The third-order valence-electron chi connectivity index (χ3n) is 2.58. The third-order valence-corrected chi connectivity index (χ3v) is 2.88. The Bertz CT molecular complexity index is 614. The molecule has 2 nitrogen and oxygen atoms in total. The number of nitrogens with one attached hydrogen (secondary N) is 1. The van der Waals surface area contributed by atoms with Crippen LogP contribution in [-0.4, -0.2) is 4.98 Å². The Hall–Kier alpha value is -1.82. The van der Waals surface area contributed by atoms with Crippen molar-refractivity contribution in [2.45, 2.75) is 12.7 Å². The normalized spacial score (nSPS) is 11.4. The van der Waals surface area contributed by atoms with Gasteiger partial charge in [0.05, 0.1) is 11.3 Å². The highest BCUT2D eigenvalue weighted by Gasteiger charge is 2.34. The highest BCUT2D eigenvalue weighted by molar-refractivity contribution is 6.31. The Labute approximate surface area is 117 Å². The lowest BCUT2D eigenvalue weighted by atomic mass is 10.1. The van der Waals surface area contributed by atoms with Crippen molar-refractivity contribution in [1.82, 2.24) is 4.98 Å². The van der Waals surface area contributed by atoms with Gasteiger partial charge in [0, 0.05) is 12.7 Å². The average Bonchev–Trinajstić information content (AvgIpc) is 2.38. The van der Waals surface area contributed by atoms with Gasteiger partial charge in [-0.15, -0.1) is 0 Å². The van der Waals surface area contributed by atoms with Gasteiger partial charge in [-0.25, -0.2) is 9.37 Å². The molecular weight excluding hydrogens is 296 g/mol. The van der Waals surface area contributed by atoms with Crippen molar-refractivity contribution in [1.29, 1.82) is 0 Å².